The Kier molecular flexibility index (Phi) is 6.89. The number of amides is 2. The molecule has 48 heavy (non-hydrogen) atoms. The van der Waals surface area contributed by atoms with Crippen molar-refractivity contribution in [1.82, 2.24) is 0 Å². The summed E-state index contributed by atoms with van der Waals surface area (Å²) in [5, 5.41) is 36.9. The van der Waals surface area contributed by atoms with E-state index < -0.39 is 62.5 Å². The molecule has 1 heterocycles. The van der Waals surface area contributed by atoms with Crippen LogP contribution in [0.15, 0.2) is 83.0 Å². The number of nitro benzene ring substituents is 2. The lowest BCUT2D eigenvalue weighted by Gasteiger charge is -2.42. The molecular formula is C35H28N4O9. The summed E-state index contributed by atoms with van der Waals surface area (Å²) in [6, 6.07) is 12.5. The first kappa shape index (κ1) is 30.7. The molecule has 13 nitrogen and oxygen atoms in total. The van der Waals surface area contributed by atoms with Crippen LogP contribution in [0.3, 0.4) is 0 Å². The second kappa shape index (κ2) is 10.8. The van der Waals surface area contributed by atoms with E-state index in [1.165, 1.54) is 31.1 Å². The number of ketones is 2. The maximum Gasteiger partial charge on any atom is 0.301 e. The van der Waals surface area contributed by atoms with Gasteiger partial charge in [-0.15, -0.1) is 0 Å². The Hall–Kier alpha value is -5.98. The van der Waals surface area contributed by atoms with E-state index in [2.05, 4.69) is 0 Å². The van der Waals surface area contributed by atoms with Crippen LogP contribution in [-0.2, 0) is 19.2 Å². The van der Waals surface area contributed by atoms with E-state index in [1.807, 2.05) is 12.1 Å². The van der Waals surface area contributed by atoms with E-state index in [0.717, 1.165) is 22.4 Å². The van der Waals surface area contributed by atoms with Gasteiger partial charge in [-0.1, -0.05) is 42.0 Å². The number of carbonyl (C=O) groups excluding carboxylic acids is 4. The molecule has 4 atom stereocenters. The van der Waals surface area contributed by atoms with Gasteiger partial charge >= 0.3 is 11.4 Å². The first-order valence-corrected chi connectivity index (χ1v) is 15.2. The number of phenols is 1. The predicted molar refractivity (Wildman–Crippen MR) is 174 cm³/mol. The number of hydrogen-bond donors (Lipinski definition) is 1. The number of aromatic hydroxyl groups is 1. The SMILES string of the molecule is CC1=CC(=O)C2=C(C1=O)[C@@H](c1c(O)ccc3ccccc13)C1=CC[C@@H]3C(=O)N(c4cc([N+](=O)[O-])c(N(C)C)c([N+](=O)[O-])c4)C(=O)[C@@H]3[C@@H]1C2. The van der Waals surface area contributed by atoms with Crippen LogP contribution in [0.1, 0.15) is 31.2 Å². The average Bonchev–Trinajstić information content (AvgIpc) is 3.31. The topological polar surface area (TPSA) is 181 Å². The van der Waals surface area contributed by atoms with Crippen LogP contribution in [0.4, 0.5) is 22.7 Å². The van der Waals surface area contributed by atoms with Gasteiger partial charge in [-0.3, -0.25) is 39.4 Å². The molecule has 3 aliphatic carbocycles. The molecule has 242 valence electrons. The lowest BCUT2D eigenvalue weighted by atomic mass is 9.59. The number of phenolic OH excluding ortho intramolecular Hbond substituents is 1. The fourth-order valence-corrected chi connectivity index (χ4v) is 7.99. The number of nitrogens with zero attached hydrogens (tertiary/aromatic N) is 4. The van der Waals surface area contributed by atoms with Gasteiger partial charge in [-0.25, -0.2) is 4.90 Å². The van der Waals surface area contributed by atoms with Gasteiger partial charge in [0.15, 0.2) is 17.3 Å². The molecule has 0 bridgehead atoms. The average molecular weight is 649 g/mol. The van der Waals surface area contributed by atoms with Crippen LogP contribution in [0.2, 0.25) is 0 Å². The van der Waals surface area contributed by atoms with Crippen LogP contribution in [0, 0.1) is 38.0 Å². The summed E-state index contributed by atoms with van der Waals surface area (Å²) in [5.74, 6) is -5.84. The number of rotatable bonds is 5. The number of nitro groups is 2. The molecule has 3 aromatic carbocycles. The second-order valence-electron chi connectivity index (χ2n) is 12.7. The quantitative estimate of drug-likeness (QED) is 0.129. The Morgan fingerprint density at radius 1 is 0.917 bits per heavy atom. The van der Waals surface area contributed by atoms with Gasteiger partial charge in [0, 0.05) is 54.4 Å². The van der Waals surface area contributed by atoms with Crippen LogP contribution in [0.5, 0.6) is 5.75 Å². The number of Topliss-reactive ketones (excluding diaryl/α,β-unsaturated/α-hetero) is 1. The van der Waals surface area contributed by atoms with Gasteiger partial charge < -0.3 is 10.0 Å². The highest BCUT2D eigenvalue weighted by atomic mass is 16.6. The monoisotopic (exact) mass is 648 g/mol. The van der Waals surface area contributed by atoms with Crippen LogP contribution < -0.4 is 9.80 Å². The second-order valence-corrected chi connectivity index (χ2v) is 12.7. The molecule has 1 fully saturated rings. The van der Waals surface area contributed by atoms with Crippen molar-refractivity contribution in [3.8, 4) is 5.75 Å². The molecule has 7 rings (SSSR count). The third-order valence-electron chi connectivity index (χ3n) is 9.95. The molecule has 0 saturated carbocycles. The normalized spacial score (nSPS) is 23.4. The van der Waals surface area contributed by atoms with Crippen LogP contribution >= 0.6 is 0 Å². The maximum atomic E-state index is 14.4. The summed E-state index contributed by atoms with van der Waals surface area (Å²) in [6.07, 6.45) is 3.10. The minimum absolute atomic E-state index is 0.0224. The Morgan fingerprint density at radius 3 is 2.23 bits per heavy atom. The number of anilines is 2. The van der Waals surface area contributed by atoms with Crippen molar-refractivity contribution in [2.45, 2.75) is 25.7 Å². The number of hydrogen-bond acceptors (Lipinski definition) is 10. The predicted octanol–water partition coefficient (Wildman–Crippen LogP) is 5.06. The fourth-order valence-electron chi connectivity index (χ4n) is 7.99. The maximum absolute atomic E-state index is 14.4. The summed E-state index contributed by atoms with van der Waals surface area (Å²) < 4.78 is 0. The van der Waals surface area contributed by atoms with Gasteiger partial charge in [0.2, 0.25) is 11.8 Å². The Bertz CT molecular complexity index is 2130. The number of allylic oxidation sites excluding steroid dienone is 6. The summed E-state index contributed by atoms with van der Waals surface area (Å²) in [5.41, 5.74) is -0.187. The molecule has 13 heteroatoms. The lowest BCUT2D eigenvalue weighted by Crippen LogP contribution is -2.40. The first-order chi connectivity index (χ1) is 22.8. The Morgan fingerprint density at radius 2 is 1.58 bits per heavy atom. The van der Waals surface area contributed by atoms with Gasteiger partial charge in [0.1, 0.15) is 5.75 Å². The molecule has 0 spiro atoms. The molecule has 3 aromatic rings. The van der Waals surface area contributed by atoms with Crippen molar-refractivity contribution in [3.05, 3.63) is 109 Å². The zero-order chi connectivity index (χ0) is 34.3. The zero-order valence-corrected chi connectivity index (χ0v) is 26.0. The lowest BCUT2D eigenvalue weighted by molar-refractivity contribution is -0.392. The van der Waals surface area contributed by atoms with Gasteiger partial charge in [0.25, 0.3) is 0 Å². The zero-order valence-electron chi connectivity index (χ0n) is 26.0. The minimum atomic E-state index is -1.03. The molecule has 1 saturated heterocycles. The Labute approximate surface area is 272 Å². The van der Waals surface area contributed by atoms with E-state index in [4.69, 9.17) is 0 Å². The number of carbonyl (C=O) groups is 4. The van der Waals surface area contributed by atoms with Gasteiger partial charge in [-0.05, 0) is 48.6 Å². The summed E-state index contributed by atoms with van der Waals surface area (Å²) >= 11 is 0. The molecule has 1 N–H and O–H groups in total. The van der Waals surface area contributed by atoms with E-state index in [0.29, 0.717) is 16.5 Å². The van der Waals surface area contributed by atoms with Crippen molar-refractivity contribution < 1.29 is 34.1 Å². The van der Waals surface area contributed by atoms with Crippen molar-refractivity contribution in [3.63, 3.8) is 0 Å². The molecule has 0 radical (unpaired) electrons. The molecule has 0 aromatic heterocycles. The van der Waals surface area contributed by atoms with Crippen LogP contribution in [-0.4, -0.2) is 52.4 Å². The van der Waals surface area contributed by atoms with Gasteiger partial charge in [0.05, 0.1) is 27.4 Å². The smallest absolute Gasteiger partial charge is 0.301 e. The summed E-state index contributed by atoms with van der Waals surface area (Å²) in [4.78, 5) is 80.2. The fraction of sp³-hybridized carbons (Fsp3) is 0.257. The van der Waals surface area contributed by atoms with Crippen molar-refractivity contribution in [2.24, 2.45) is 17.8 Å². The van der Waals surface area contributed by atoms with E-state index in [-0.39, 0.29) is 52.5 Å². The van der Waals surface area contributed by atoms with E-state index in [1.54, 1.807) is 31.2 Å². The highest BCUT2D eigenvalue weighted by molar-refractivity contribution is 6.25. The molecule has 4 aliphatic rings. The standard InChI is InChI=1S/C35H28N4O9/c1-16-12-27(41)23-15-22-20(30(31(23)33(16)42)29-19-7-5-4-6-17(19)8-11-26(29)40)9-10-21-28(22)35(44)37(34(21)43)18-13-24(38(45)46)32(36(2)3)25(14-18)39(47)48/h4-9,11-14,21-22,28,30,40H,10,15H2,1-3H3/t21-,22+,28-,30+/m0/s1. The van der Waals surface area contributed by atoms with Crippen molar-refractivity contribution in [2.75, 3.05) is 23.9 Å². The highest BCUT2D eigenvalue weighted by Gasteiger charge is 2.57. The number of benzene rings is 3. The number of imide groups is 1. The Balaban J connectivity index is 1.40. The first-order valence-electron chi connectivity index (χ1n) is 15.2. The summed E-state index contributed by atoms with van der Waals surface area (Å²) in [6.45, 7) is 1.55. The highest BCUT2D eigenvalue weighted by Crippen LogP contribution is 2.57. The number of fused-ring (bicyclic) bond motifs is 4. The van der Waals surface area contributed by atoms with Crippen molar-refractivity contribution >= 4 is 56.9 Å². The minimum Gasteiger partial charge on any atom is -0.508 e. The molecule has 2 amide bonds. The largest absolute Gasteiger partial charge is 0.508 e. The van der Waals surface area contributed by atoms with E-state index >= 15 is 0 Å². The molecule has 1 aliphatic heterocycles. The van der Waals surface area contributed by atoms with Crippen molar-refractivity contribution in [1.29, 1.82) is 0 Å². The van der Waals surface area contributed by atoms with Gasteiger partial charge in [-0.2, -0.15) is 0 Å². The third-order valence-corrected chi connectivity index (χ3v) is 9.95. The molecule has 0 unspecified atom stereocenters. The molecular weight excluding hydrogens is 620 g/mol. The third kappa shape index (κ3) is 4.30. The van der Waals surface area contributed by atoms with Crippen LogP contribution in [0.25, 0.3) is 10.8 Å². The summed E-state index contributed by atoms with van der Waals surface area (Å²) in [7, 11) is 2.82. The van der Waals surface area contributed by atoms with E-state index in [9.17, 15) is 44.5 Å².